The maximum atomic E-state index is 9.31. The number of likely N-dealkylation sites (tertiary alicyclic amines) is 1. The minimum atomic E-state index is 0.176. The molecule has 0 radical (unpaired) electrons. The van der Waals surface area contributed by atoms with Crippen LogP contribution in [-0.4, -0.2) is 24.0 Å². The van der Waals surface area contributed by atoms with Crippen molar-refractivity contribution in [3.8, 4) is 6.07 Å². The molecule has 1 fully saturated rings. The van der Waals surface area contributed by atoms with Gasteiger partial charge in [-0.15, -0.1) is 0 Å². The Hall–Kier alpha value is -0.810. The minimum absolute atomic E-state index is 0.176. The van der Waals surface area contributed by atoms with E-state index in [0.29, 0.717) is 5.92 Å². The van der Waals surface area contributed by atoms with Gasteiger partial charge in [0, 0.05) is 0 Å². The Morgan fingerprint density at radius 3 is 2.60 bits per heavy atom. The van der Waals surface area contributed by atoms with Crippen LogP contribution in [0.25, 0.3) is 0 Å². The molecule has 2 atom stereocenters. The molecule has 0 saturated carbocycles. The van der Waals surface area contributed by atoms with Crippen LogP contribution >= 0.6 is 0 Å². The van der Waals surface area contributed by atoms with Crippen LogP contribution in [0, 0.1) is 17.2 Å². The second-order valence-corrected chi connectivity index (χ2v) is 4.72. The fourth-order valence-corrected chi connectivity index (χ4v) is 2.79. The van der Waals surface area contributed by atoms with Crippen LogP contribution in [0.15, 0.2) is 12.2 Å². The number of hydrogen-bond donors (Lipinski definition) is 0. The fourth-order valence-electron chi connectivity index (χ4n) is 2.79. The summed E-state index contributed by atoms with van der Waals surface area (Å²) in [6, 6.07) is 2.71. The van der Waals surface area contributed by atoms with Gasteiger partial charge in [-0.25, -0.2) is 0 Å². The van der Waals surface area contributed by atoms with Gasteiger partial charge in [-0.2, -0.15) is 5.26 Å². The van der Waals surface area contributed by atoms with E-state index >= 15 is 0 Å². The highest BCUT2D eigenvalue weighted by Gasteiger charge is 2.28. The number of hydrogen-bond acceptors (Lipinski definition) is 2. The van der Waals surface area contributed by atoms with Gasteiger partial charge in [-0.05, 0) is 51.1 Å². The summed E-state index contributed by atoms with van der Waals surface area (Å²) in [5.41, 5.74) is 0. The first kappa shape index (κ1) is 10.7. The lowest BCUT2D eigenvalue weighted by Crippen LogP contribution is -2.43. The highest BCUT2D eigenvalue weighted by molar-refractivity contribution is 5.03. The molecule has 0 aromatic carbocycles. The number of rotatable bonds is 2. The number of nitriles is 1. The Morgan fingerprint density at radius 1 is 1.20 bits per heavy atom. The van der Waals surface area contributed by atoms with Gasteiger partial charge in [0.15, 0.2) is 0 Å². The molecular weight excluding hydrogens is 184 g/mol. The second-order valence-electron chi connectivity index (χ2n) is 4.72. The molecule has 1 saturated heterocycles. The van der Waals surface area contributed by atoms with E-state index in [1.807, 2.05) is 0 Å². The predicted molar refractivity (Wildman–Crippen MR) is 61.3 cm³/mol. The van der Waals surface area contributed by atoms with Crippen molar-refractivity contribution in [1.82, 2.24) is 4.90 Å². The Balaban J connectivity index is 1.96. The topological polar surface area (TPSA) is 27.0 Å². The van der Waals surface area contributed by atoms with E-state index in [1.165, 1.54) is 25.7 Å². The van der Waals surface area contributed by atoms with Gasteiger partial charge in [-0.1, -0.05) is 18.6 Å². The lowest BCUT2D eigenvalue weighted by atomic mass is 9.87. The summed E-state index contributed by atoms with van der Waals surface area (Å²) in [5.74, 6) is 0.582. The SMILES string of the molecule is N#CC(C1CC=CCC1)N1CCCCC1. The van der Waals surface area contributed by atoms with Gasteiger partial charge in [0.25, 0.3) is 0 Å². The van der Waals surface area contributed by atoms with Crippen molar-refractivity contribution < 1.29 is 0 Å². The third-order valence-electron chi connectivity index (χ3n) is 3.67. The molecule has 2 nitrogen and oxygen atoms in total. The van der Waals surface area contributed by atoms with Gasteiger partial charge in [0.05, 0.1) is 6.07 Å². The zero-order valence-electron chi connectivity index (χ0n) is 9.36. The molecule has 15 heavy (non-hydrogen) atoms. The van der Waals surface area contributed by atoms with Gasteiger partial charge in [0.2, 0.25) is 0 Å². The molecule has 0 aromatic heterocycles. The van der Waals surface area contributed by atoms with E-state index in [0.717, 1.165) is 25.9 Å². The highest BCUT2D eigenvalue weighted by atomic mass is 15.2. The van der Waals surface area contributed by atoms with E-state index in [1.54, 1.807) is 0 Å². The van der Waals surface area contributed by atoms with Crippen LogP contribution in [0.2, 0.25) is 0 Å². The van der Waals surface area contributed by atoms with Crippen molar-refractivity contribution in [2.45, 2.75) is 44.6 Å². The zero-order chi connectivity index (χ0) is 10.5. The second kappa shape index (κ2) is 5.32. The molecule has 0 N–H and O–H groups in total. The smallest absolute Gasteiger partial charge is 0.101 e. The zero-order valence-corrected chi connectivity index (χ0v) is 9.36. The lowest BCUT2D eigenvalue weighted by molar-refractivity contribution is 0.146. The molecule has 2 heteroatoms. The Labute approximate surface area is 92.6 Å². The van der Waals surface area contributed by atoms with Crippen LogP contribution < -0.4 is 0 Å². The van der Waals surface area contributed by atoms with Crippen LogP contribution in [-0.2, 0) is 0 Å². The molecule has 0 amide bonds. The third-order valence-corrected chi connectivity index (χ3v) is 3.67. The third kappa shape index (κ3) is 2.60. The predicted octanol–water partition coefficient (Wildman–Crippen LogP) is 2.72. The fraction of sp³-hybridized carbons (Fsp3) is 0.769. The van der Waals surface area contributed by atoms with Crippen molar-refractivity contribution in [2.75, 3.05) is 13.1 Å². The van der Waals surface area contributed by atoms with Crippen LogP contribution in [0.5, 0.6) is 0 Å². The van der Waals surface area contributed by atoms with Gasteiger partial charge in [0.1, 0.15) is 6.04 Å². The molecule has 1 heterocycles. The summed E-state index contributed by atoms with van der Waals surface area (Å²) in [5, 5.41) is 9.31. The maximum absolute atomic E-state index is 9.31. The van der Waals surface area contributed by atoms with E-state index < -0.39 is 0 Å². The van der Waals surface area contributed by atoms with Crippen LogP contribution in [0.1, 0.15) is 38.5 Å². The summed E-state index contributed by atoms with van der Waals surface area (Å²) in [4.78, 5) is 2.41. The summed E-state index contributed by atoms with van der Waals surface area (Å²) in [6.45, 7) is 2.27. The largest absolute Gasteiger partial charge is 0.288 e. The molecule has 0 spiro atoms. The average Bonchev–Trinajstić information content (AvgIpc) is 2.33. The molecule has 1 aliphatic heterocycles. The summed E-state index contributed by atoms with van der Waals surface area (Å²) in [6.07, 6.45) is 11.9. The van der Waals surface area contributed by atoms with Gasteiger partial charge in [-0.3, -0.25) is 4.90 Å². The lowest BCUT2D eigenvalue weighted by Gasteiger charge is -2.35. The van der Waals surface area contributed by atoms with E-state index in [4.69, 9.17) is 0 Å². The van der Waals surface area contributed by atoms with E-state index in [9.17, 15) is 5.26 Å². The first-order valence-electron chi connectivity index (χ1n) is 6.20. The molecular formula is C13H20N2. The van der Waals surface area contributed by atoms with E-state index in [2.05, 4.69) is 23.1 Å². The van der Waals surface area contributed by atoms with Crippen LogP contribution in [0.4, 0.5) is 0 Å². The summed E-state index contributed by atoms with van der Waals surface area (Å²) < 4.78 is 0. The molecule has 2 unspecified atom stereocenters. The van der Waals surface area contributed by atoms with Crippen molar-refractivity contribution in [3.63, 3.8) is 0 Å². The standard InChI is InChI=1S/C13H20N2/c14-11-13(12-7-3-1-4-8-12)15-9-5-2-6-10-15/h1,3,12-13H,2,4-10H2. The minimum Gasteiger partial charge on any atom is -0.288 e. The molecule has 0 bridgehead atoms. The Kier molecular flexibility index (Phi) is 3.80. The summed E-state index contributed by atoms with van der Waals surface area (Å²) in [7, 11) is 0. The normalized spacial score (nSPS) is 29.7. The number of allylic oxidation sites excluding steroid dienone is 2. The van der Waals surface area contributed by atoms with Gasteiger partial charge < -0.3 is 0 Å². The maximum Gasteiger partial charge on any atom is 0.101 e. The van der Waals surface area contributed by atoms with Crippen molar-refractivity contribution in [3.05, 3.63) is 12.2 Å². The van der Waals surface area contributed by atoms with Crippen molar-refractivity contribution >= 4 is 0 Å². The van der Waals surface area contributed by atoms with Crippen molar-refractivity contribution in [1.29, 1.82) is 5.26 Å². The first-order valence-corrected chi connectivity index (χ1v) is 6.20. The van der Waals surface area contributed by atoms with Gasteiger partial charge >= 0.3 is 0 Å². The molecule has 0 aromatic rings. The molecule has 2 rings (SSSR count). The Morgan fingerprint density at radius 2 is 2.00 bits per heavy atom. The Bertz CT molecular complexity index is 258. The van der Waals surface area contributed by atoms with E-state index in [-0.39, 0.29) is 6.04 Å². The van der Waals surface area contributed by atoms with Crippen LogP contribution in [0.3, 0.4) is 0 Å². The molecule has 1 aliphatic carbocycles. The average molecular weight is 204 g/mol. The summed E-state index contributed by atoms with van der Waals surface area (Å²) >= 11 is 0. The molecule has 2 aliphatic rings. The first-order chi connectivity index (χ1) is 7.42. The van der Waals surface area contributed by atoms with Crippen molar-refractivity contribution in [2.24, 2.45) is 5.92 Å². The number of nitrogens with zero attached hydrogens (tertiary/aromatic N) is 2. The molecule has 82 valence electrons. The number of piperidine rings is 1. The monoisotopic (exact) mass is 204 g/mol. The highest BCUT2D eigenvalue weighted by Crippen LogP contribution is 2.26. The quantitative estimate of drug-likeness (QED) is 0.647.